The fourth-order valence-electron chi connectivity index (χ4n) is 2.32. The molecule has 90 valence electrons. The molecule has 1 heterocycles. The molecule has 1 saturated heterocycles. The van der Waals surface area contributed by atoms with Gasteiger partial charge in [0.15, 0.2) is 0 Å². The van der Waals surface area contributed by atoms with Crippen LogP contribution in [0.5, 0.6) is 0 Å². The molecule has 3 nitrogen and oxygen atoms in total. The Morgan fingerprint density at radius 1 is 1.27 bits per heavy atom. The van der Waals surface area contributed by atoms with E-state index in [1.807, 2.05) is 0 Å². The summed E-state index contributed by atoms with van der Waals surface area (Å²) in [7, 11) is 0. The number of rotatable bonds is 6. The Morgan fingerprint density at radius 3 is 2.60 bits per heavy atom. The van der Waals surface area contributed by atoms with Crippen LogP contribution in [0.1, 0.15) is 27.2 Å². The summed E-state index contributed by atoms with van der Waals surface area (Å²) in [6.45, 7) is 13.0. The van der Waals surface area contributed by atoms with E-state index in [1.165, 1.54) is 13.0 Å². The standard InChI is InChI=1S/C12H26N2O/c1-4-13-12-7-8-15-10-11(12)9-14(5-2)6-3/h11-13H,4-10H2,1-3H3. The smallest absolute Gasteiger partial charge is 0.0521 e. The highest BCUT2D eigenvalue weighted by atomic mass is 16.5. The van der Waals surface area contributed by atoms with Crippen LogP contribution in [0.4, 0.5) is 0 Å². The van der Waals surface area contributed by atoms with Crippen LogP contribution in [0.3, 0.4) is 0 Å². The largest absolute Gasteiger partial charge is 0.381 e. The fraction of sp³-hybridized carbons (Fsp3) is 1.00. The van der Waals surface area contributed by atoms with Crippen LogP contribution in [0.25, 0.3) is 0 Å². The van der Waals surface area contributed by atoms with E-state index in [9.17, 15) is 0 Å². The number of nitrogens with one attached hydrogen (secondary N) is 1. The molecule has 0 saturated carbocycles. The molecule has 1 rings (SSSR count). The quantitative estimate of drug-likeness (QED) is 0.722. The molecule has 0 aromatic heterocycles. The average Bonchev–Trinajstić information content (AvgIpc) is 2.28. The lowest BCUT2D eigenvalue weighted by Gasteiger charge is -2.35. The highest BCUT2D eigenvalue weighted by Gasteiger charge is 2.25. The minimum Gasteiger partial charge on any atom is -0.381 e. The SMILES string of the molecule is CCNC1CCOCC1CN(CC)CC. The third-order valence-corrected chi connectivity index (χ3v) is 3.33. The maximum absolute atomic E-state index is 5.58. The molecule has 1 aliphatic rings. The summed E-state index contributed by atoms with van der Waals surface area (Å²) in [6.07, 6.45) is 1.17. The minimum atomic E-state index is 0.657. The second-order valence-corrected chi connectivity index (χ2v) is 4.27. The number of nitrogens with zero attached hydrogens (tertiary/aromatic N) is 1. The topological polar surface area (TPSA) is 24.5 Å². The molecule has 1 N–H and O–H groups in total. The molecule has 0 aromatic rings. The van der Waals surface area contributed by atoms with Gasteiger partial charge in [-0.1, -0.05) is 20.8 Å². The predicted molar refractivity (Wildman–Crippen MR) is 64.2 cm³/mol. The molecule has 0 radical (unpaired) electrons. The summed E-state index contributed by atoms with van der Waals surface area (Å²) in [6, 6.07) is 0.657. The predicted octanol–water partition coefficient (Wildman–Crippen LogP) is 1.34. The van der Waals surface area contributed by atoms with E-state index in [-0.39, 0.29) is 0 Å². The molecule has 0 bridgehead atoms. The van der Waals surface area contributed by atoms with Crippen molar-refractivity contribution >= 4 is 0 Å². The summed E-state index contributed by atoms with van der Waals surface area (Å²) in [5.41, 5.74) is 0. The van der Waals surface area contributed by atoms with Gasteiger partial charge in [0.2, 0.25) is 0 Å². The second-order valence-electron chi connectivity index (χ2n) is 4.27. The fourth-order valence-corrected chi connectivity index (χ4v) is 2.32. The van der Waals surface area contributed by atoms with Gasteiger partial charge < -0.3 is 15.0 Å². The summed E-state index contributed by atoms with van der Waals surface area (Å²) in [5, 5.41) is 3.58. The van der Waals surface area contributed by atoms with Crippen LogP contribution in [0.15, 0.2) is 0 Å². The summed E-state index contributed by atoms with van der Waals surface area (Å²) >= 11 is 0. The molecule has 1 aliphatic heterocycles. The van der Waals surface area contributed by atoms with Crippen molar-refractivity contribution in [1.29, 1.82) is 0 Å². The van der Waals surface area contributed by atoms with E-state index in [2.05, 4.69) is 31.0 Å². The van der Waals surface area contributed by atoms with Crippen LogP contribution in [0.2, 0.25) is 0 Å². The summed E-state index contributed by atoms with van der Waals surface area (Å²) in [4.78, 5) is 2.49. The van der Waals surface area contributed by atoms with E-state index in [1.54, 1.807) is 0 Å². The third kappa shape index (κ3) is 4.09. The van der Waals surface area contributed by atoms with Gasteiger partial charge in [0.05, 0.1) is 6.61 Å². The number of ether oxygens (including phenoxy) is 1. The van der Waals surface area contributed by atoms with Crippen LogP contribution < -0.4 is 5.32 Å². The molecule has 0 amide bonds. The van der Waals surface area contributed by atoms with Gasteiger partial charge in [-0.2, -0.15) is 0 Å². The van der Waals surface area contributed by atoms with Gasteiger partial charge in [-0.15, -0.1) is 0 Å². The zero-order valence-electron chi connectivity index (χ0n) is 10.5. The van der Waals surface area contributed by atoms with Gasteiger partial charge in [0.25, 0.3) is 0 Å². The Hall–Kier alpha value is -0.120. The Balaban J connectivity index is 2.40. The third-order valence-electron chi connectivity index (χ3n) is 3.33. The molecular formula is C12H26N2O. The Kier molecular flexibility index (Phi) is 6.22. The van der Waals surface area contributed by atoms with Crippen molar-refractivity contribution in [3.63, 3.8) is 0 Å². The Bertz CT molecular complexity index is 158. The zero-order chi connectivity index (χ0) is 11.1. The van der Waals surface area contributed by atoms with Crippen LogP contribution in [-0.4, -0.2) is 50.3 Å². The first-order chi connectivity index (χ1) is 7.31. The van der Waals surface area contributed by atoms with Crippen molar-refractivity contribution in [3.05, 3.63) is 0 Å². The molecule has 0 spiro atoms. The van der Waals surface area contributed by atoms with Crippen molar-refractivity contribution in [3.8, 4) is 0 Å². The van der Waals surface area contributed by atoms with Crippen molar-refractivity contribution in [2.75, 3.05) is 39.4 Å². The lowest BCUT2D eigenvalue weighted by atomic mass is 9.95. The Labute approximate surface area is 94.2 Å². The maximum Gasteiger partial charge on any atom is 0.0521 e. The van der Waals surface area contributed by atoms with Crippen LogP contribution in [-0.2, 0) is 4.74 Å². The van der Waals surface area contributed by atoms with Gasteiger partial charge in [0.1, 0.15) is 0 Å². The lowest BCUT2D eigenvalue weighted by molar-refractivity contribution is 0.0183. The van der Waals surface area contributed by atoms with Crippen LogP contribution >= 0.6 is 0 Å². The minimum absolute atomic E-state index is 0.657. The highest BCUT2D eigenvalue weighted by Crippen LogP contribution is 2.16. The van der Waals surface area contributed by atoms with Gasteiger partial charge in [-0.25, -0.2) is 0 Å². The Morgan fingerprint density at radius 2 is 2.00 bits per heavy atom. The van der Waals surface area contributed by atoms with E-state index in [0.717, 1.165) is 32.8 Å². The van der Waals surface area contributed by atoms with E-state index in [0.29, 0.717) is 12.0 Å². The molecular weight excluding hydrogens is 188 g/mol. The van der Waals surface area contributed by atoms with E-state index in [4.69, 9.17) is 4.74 Å². The van der Waals surface area contributed by atoms with Gasteiger partial charge in [0, 0.05) is 25.1 Å². The first-order valence-electron chi connectivity index (χ1n) is 6.35. The number of hydrogen-bond acceptors (Lipinski definition) is 3. The maximum atomic E-state index is 5.58. The van der Waals surface area contributed by atoms with Crippen molar-refractivity contribution in [2.45, 2.75) is 33.2 Å². The van der Waals surface area contributed by atoms with E-state index < -0.39 is 0 Å². The molecule has 2 unspecified atom stereocenters. The normalized spacial score (nSPS) is 27.2. The monoisotopic (exact) mass is 214 g/mol. The van der Waals surface area contributed by atoms with Crippen molar-refractivity contribution < 1.29 is 4.74 Å². The highest BCUT2D eigenvalue weighted by molar-refractivity contribution is 4.81. The van der Waals surface area contributed by atoms with Crippen molar-refractivity contribution in [1.82, 2.24) is 10.2 Å². The summed E-state index contributed by atoms with van der Waals surface area (Å²) < 4.78 is 5.58. The van der Waals surface area contributed by atoms with E-state index >= 15 is 0 Å². The first-order valence-corrected chi connectivity index (χ1v) is 6.35. The van der Waals surface area contributed by atoms with Gasteiger partial charge in [-0.05, 0) is 26.1 Å². The number of hydrogen-bond donors (Lipinski definition) is 1. The van der Waals surface area contributed by atoms with Crippen LogP contribution in [0, 0.1) is 5.92 Å². The molecule has 15 heavy (non-hydrogen) atoms. The summed E-state index contributed by atoms with van der Waals surface area (Å²) in [5.74, 6) is 0.665. The molecule has 1 fully saturated rings. The van der Waals surface area contributed by atoms with Gasteiger partial charge >= 0.3 is 0 Å². The zero-order valence-corrected chi connectivity index (χ0v) is 10.5. The average molecular weight is 214 g/mol. The molecule has 3 heteroatoms. The first kappa shape index (κ1) is 12.9. The molecule has 0 aliphatic carbocycles. The van der Waals surface area contributed by atoms with Gasteiger partial charge in [-0.3, -0.25) is 0 Å². The molecule has 0 aromatic carbocycles. The second kappa shape index (κ2) is 7.20. The molecule has 2 atom stereocenters. The lowest BCUT2D eigenvalue weighted by Crippen LogP contribution is -2.47. The van der Waals surface area contributed by atoms with Crippen molar-refractivity contribution in [2.24, 2.45) is 5.92 Å².